The molecule has 1 amide bonds. The first-order chi connectivity index (χ1) is 8.25. The molecule has 17 heavy (non-hydrogen) atoms. The quantitative estimate of drug-likeness (QED) is 0.839. The van der Waals surface area contributed by atoms with Crippen molar-refractivity contribution in [3.63, 3.8) is 0 Å². The molecular formula is C13H14N2OS. The number of hydrogen-bond donors (Lipinski definition) is 1. The van der Waals surface area contributed by atoms with Gasteiger partial charge in [0, 0.05) is 16.9 Å². The largest absolute Gasteiger partial charge is 0.320 e. The highest BCUT2D eigenvalue weighted by molar-refractivity contribution is 7.17. The molecule has 2 aromatic rings. The Morgan fingerprint density at radius 2 is 2.24 bits per heavy atom. The molecule has 1 aromatic carbocycles. The fourth-order valence-corrected chi connectivity index (χ4v) is 3.05. The summed E-state index contributed by atoms with van der Waals surface area (Å²) in [4.78, 5) is 13.8. The maximum absolute atomic E-state index is 12.0. The van der Waals surface area contributed by atoms with E-state index in [0.29, 0.717) is 0 Å². The molecule has 1 fully saturated rings. The molecule has 0 aliphatic carbocycles. The van der Waals surface area contributed by atoms with Crippen molar-refractivity contribution in [3.05, 3.63) is 29.6 Å². The summed E-state index contributed by atoms with van der Waals surface area (Å²) >= 11 is 1.72. The van der Waals surface area contributed by atoms with Gasteiger partial charge in [-0.15, -0.1) is 11.3 Å². The van der Waals surface area contributed by atoms with E-state index in [4.69, 9.17) is 5.73 Å². The molecule has 1 unspecified atom stereocenters. The molecule has 1 atom stereocenters. The molecule has 1 aliphatic heterocycles. The first kappa shape index (κ1) is 10.7. The van der Waals surface area contributed by atoms with Gasteiger partial charge in [-0.2, -0.15) is 0 Å². The van der Waals surface area contributed by atoms with Crippen molar-refractivity contribution >= 4 is 33.0 Å². The molecular weight excluding hydrogens is 232 g/mol. The normalized spacial score (nSPS) is 21.1. The molecule has 3 nitrogen and oxygen atoms in total. The third-order valence-electron chi connectivity index (χ3n) is 3.23. The van der Waals surface area contributed by atoms with Crippen LogP contribution in [-0.4, -0.2) is 18.5 Å². The first-order valence-corrected chi connectivity index (χ1v) is 6.68. The number of nitrogens with two attached hydrogens (primary N) is 1. The maximum Gasteiger partial charge on any atom is 0.243 e. The summed E-state index contributed by atoms with van der Waals surface area (Å²) in [5.74, 6) is 0.0471. The number of nitrogens with zero attached hydrogens (tertiary/aromatic N) is 1. The monoisotopic (exact) mass is 246 g/mol. The number of carbonyl (C=O) groups is 1. The van der Waals surface area contributed by atoms with Crippen LogP contribution in [0, 0.1) is 0 Å². The van der Waals surface area contributed by atoms with E-state index in [1.54, 1.807) is 11.3 Å². The predicted molar refractivity (Wildman–Crippen MR) is 71.4 cm³/mol. The maximum atomic E-state index is 12.0. The van der Waals surface area contributed by atoms with Crippen molar-refractivity contribution in [3.8, 4) is 0 Å². The fraction of sp³-hybridized carbons (Fsp3) is 0.308. The highest BCUT2D eigenvalue weighted by atomic mass is 32.1. The lowest BCUT2D eigenvalue weighted by Gasteiger charge is -2.30. The van der Waals surface area contributed by atoms with Crippen LogP contribution >= 0.6 is 11.3 Å². The number of anilines is 1. The van der Waals surface area contributed by atoms with E-state index in [2.05, 4.69) is 23.6 Å². The third-order valence-corrected chi connectivity index (χ3v) is 4.13. The number of hydrogen-bond acceptors (Lipinski definition) is 3. The minimum Gasteiger partial charge on any atom is -0.320 e. The summed E-state index contributed by atoms with van der Waals surface area (Å²) in [6, 6.07) is 7.90. The van der Waals surface area contributed by atoms with Gasteiger partial charge in [-0.05, 0) is 47.9 Å². The number of rotatable bonds is 1. The average Bonchev–Trinajstić information content (AvgIpc) is 2.79. The number of benzene rings is 1. The van der Waals surface area contributed by atoms with Crippen LogP contribution < -0.4 is 10.6 Å². The molecule has 1 aliphatic rings. The highest BCUT2D eigenvalue weighted by Crippen LogP contribution is 2.27. The number of thiophene rings is 1. The topological polar surface area (TPSA) is 46.3 Å². The van der Waals surface area contributed by atoms with Crippen LogP contribution in [0.5, 0.6) is 0 Å². The van der Waals surface area contributed by atoms with Crippen LogP contribution in [0.4, 0.5) is 5.69 Å². The lowest BCUT2D eigenvalue weighted by Crippen LogP contribution is -2.48. The molecule has 1 aromatic heterocycles. The van der Waals surface area contributed by atoms with Crippen LogP contribution in [0.2, 0.25) is 0 Å². The van der Waals surface area contributed by atoms with Gasteiger partial charge < -0.3 is 10.6 Å². The van der Waals surface area contributed by atoms with E-state index in [0.717, 1.165) is 25.1 Å². The van der Waals surface area contributed by atoms with E-state index in [-0.39, 0.29) is 11.9 Å². The van der Waals surface area contributed by atoms with Crippen LogP contribution in [0.3, 0.4) is 0 Å². The van der Waals surface area contributed by atoms with Gasteiger partial charge in [0.2, 0.25) is 5.91 Å². The van der Waals surface area contributed by atoms with E-state index >= 15 is 0 Å². The van der Waals surface area contributed by atoms with Gasteiger partial charge in [-0.25, -0.2) is 0 Å². The predicted octanol–water partition coefficient (Wildman–Crippen LogP) is 2.36. The minimum absolute atomic E-state index is 0.0471. The third kappa shape index (κ3) is 1.83. The van der Waals surface area contributed by atoms with E-state index in [9.17, 15) is 4.79 Å². The van der Waals surface area contributed by atoms with Crippen molar-refractivity contribution < 1.29 is 4.79 Å². The summed E-state index contributed by atoms with van der Waals surface area (Å²) in [6.45, 7) is 0.780. The van der Waals surface area contributed by atoms with Gasteiger partial charge in [0.15, 0.2) is 0 Å². The Morgan fingerprint density at radius 1 is 1.35 bits per heavy atom. The van der Waals surface area contributed by atoms with Crippen molar-refractivity contribution in [2.45, 2.75) is 18.9 Å². The number of fused-ring (bicyclic) bond motifs is 1. The van der Waals surface area contributed by atoms with Gasteiger partial charge in [0.25, 0.3) is 0 Å². The zero-order chi connectivity index (χ0) is 11.8. The summed E-state index contributed by atoms with van der Waals surface area (Å²) in [5, 5.41) is 3.26. The average molecular weight is 246 g/mol. The van der Waals surface area contributed by atoms with Crippen LogP contribution in [0.15, 0.2) is 29.6 Å². The van der Waals surface area contributed by atoms with Crippen molar-refractivity contribution in [2.75, 3.05) is 11.4 Å². The molecule has 0 spiro atoms. The first-order valence-electron chi connectivity index (χ1n) is 5.80. The van der Waals surface area contributed by atoms with E-state index < -0.39 is 0 Å². The highest BCUT2D eigenvalue weighted by Gasteiger charge is 2.26. The number of carbonyl (C=O) groups excluding carboxylic acids is 1. The summed E-state index contributed by atoms with van der Waals surface area (Å²) in [6.07, 6.45) is 1.78. The minimum atomic E-state index is -0.332. The van der Waals surface area contributed by atoms with Gasteiger partial charge in [0.05, 0.1) is 6.04 Å². The number of piperidine rings is 1. The van der Waals surface area contributed by atoms with Crippen LogP contribution in [-0.2, 0) is 4.79 Å². The zero-order valence-electron chi connectivity index (χ0n) is 9.43. The second kappa shape index (κ2) is 4.13. The Morgan fingerprint density at radius 3 is 3.12 bits per heavy atom. The van der Waals surface area contributed by atoms with Crippen LogP contribution in [0.1, 0.15) is 12.8 Å². The molecule has 4 heteroatoms. The molecule has 3 rings (SSSR count). The van der Waals surface area contributed by atoms with E-state index in [1.165, 1.54) is 10.1 Å². The van der Waals surface area contributed by atoms with Crippen molar-refractivity contribution in [1.29, 1.82) is 0 Å². The molecule has 88 valence electrons. The fourth-order valence-electron chi connectivity index (χ4n) is 2.28. The summed E-state index contributed by atoms with van der Waals surface area (Å²) in [7, 11) is 0. The zero-order valence-corrected chi connectivity index (χ0v) is 10.2. The number of amides is 1. The van der Waals surface area contributed by atoms with E-state index in [1.807, 2.05) is 11.0 Å². The lowest BCUT2D eigenvalue weighted by molar-refractivity contribution is -0.120. The van der Waals surface area contributed by atoms with Gasteiger partial charge in [0.1, 0.15) is 0 Å². The Kier molecular flexibility index (Phi) is 2.61. The Bertz CT molecular complexity index is 563. The van der Waals surface area contributed by atoms with Gasteiger partial charge >= 0.3 is 0 Å². The Labute approximate surface area is 104 Å². The van der Waals surface area contributed by atoms with Crippen molar-refractivity contribution in [2.24, 2.45) is 5.73 Å². The smallest absolute Gasteiger partial charge is 0.243 e. The summed E-state index contributed by atoms with van der Waals surface area (Å²) < 4.78 is 1.25. The summed E-state index contributed by atoms with van der Waals surface area (Å²) in [5.41, 5.74) is 6.78. The molecule has 2 N–H and O–H groups in total. The van der Waals surface area contributed by atoms with Gasteiger partial charge in [-0.3, -0.25) is 4.79 Å². The standard InChI is InChI=1S/C13H14N2OS/c14-11-2-1-6-15(13(11)16)10-3-4-12-9(8-10)5-7-17-12/h3-5,7-8,11H,1-2,6,14H2. The Hall–Kier alpha value is -1.39. The second-order valence-electron chi connectivity index (χ2n) is 4.38. The lowest BCUT2D eigenvalue weighted by atomic mass is 10.0. The molecule has 1 saturated heterocycles. The molecule has 0 bridgehead atoms. The van der Waals surface area contributed by atoms with Gasteiger partial charge in [-0.1, -0.05) is 0 Å². The molecule has 2 heterocycles. The van der Waals surface area contributed by atoms with Crippen LogP contribution in [0.25, 0.3) is 10.1 Å². The van der Waals surface area contributed by atoms with Crippen molar-refractivity contribution in [1.82, 2.24) is 0 Å². The SMILES string of the molecule is NC1CCCN(c2ccc3sccc3c2)C1=O. The second-order valence-corrected chi connectivity index (χ2v) is 5.33. The Balaban J connectivity index is 1.99. The molecule has 0 saturated carbocycles. The molecule has 0 radical (unpaired) electrons.